The summed E-state index contributed by atoms with van der Waals surface area (Å²) >= 11 is 0. The molecule has 7 nitrogen and oxygen atoms in total. The molecular weight excluding hydrogens is 435 g/mol. The molecule has 0 spiro atoms. The number of carbonyl (C=O) groups excluding carboxylic acids is 2. The average molecular weight is 457 g/mol. The van der Waals surface area contributed by atoms with Crippen molar-refractivity contribution in [1.29, 1.82) is 0 Å². The van der Waals surface area contributed by atoms with Gasteiger partial charge in [-0.2, -0.15) is 5.10 Å². The van der Waals surface area contributed by atoms with Gasteiger partial charge in [-0.05, 0) is 43.0 Å². The van der Waals surface area contributed by atoms with Crippen molar-refractivity contribution >= 4 is 29.1 Å². The molecule has 2 aromatic carbocycles. The molecule has 1 aliphatic rings. The van der Waals surface area contributed by atoms with Gasteiger partial charge in [-0.25, -0.2) is 22.6 Å². The van der Waals surface area contributed by atoms with Crippen molar-refractivity contribution in [2.75, 3.05) is 16.0 Å². The average Bonchev–Trinajstić information content (AvgIpc) is 3.18. The molecule has 1 aliphatic heterocycles. The van der Waals surface area contributed by atoms with Crippen LogP contribution in [0.2, 0.25) is 0 Å². The summed E-state index contributed by atoms with van der Waals surface area (Å²) in [6, 6.07) is 7.22. The number of benzene rings is 2. The van der Waals surface area contributed by atoms with Crippen LogP contribution in [-0.4, -0.2) is 21.7 Å². The van der Waals surface area contributed by atoms with E-state index in [1.807, 2.05) is 6.07 Å². The standard InChI is InChI=1S/C23H22F3N5O2/c1-2-3-4-14-10-21(29-23(33)28-20-12-17(25)16(24)11-18(20)26)31(30-14)15-6-7-19-13(9-15)5-8-22(32)27-19/h6-7,9-12H,2-5,8H2,1H3,(H,27,32)(H2,28,29,33). The van der Waals surface area contributed by atoms with E-state index >= 15 is 0 Å². The van der Waals surface area contributed by atoms with Crippen LogP contribution in [-0.2, 0) is 17.6 Å². The fraction of sp³-hybridized carbons (Fsp3) is 0.261. The molecule has 0 radical (unpaired) electrons. The van der Waals surface area contributed by atoms with Crippen molar-refractivity contribution in [2.45, 2.75) is 39.0 Å². The molecule has 0 saturated heterocycles. The topological polar surface area (TPSA) is 88.0 Å². The number of hydrogen-bond donors (Lipinski definition) is 3. The number of fused-ring (bicyclic) bond motifs is 1. The normalized spacial score (nSPS) is 12.8. The summed E-state index contributed by atoms with van der Waals surface area (Å²) in [5.41, 5.74) is 2.60. The molecule has 2 heterocycles. The van der Waals surface area contributed by atoms with Gasteiger partial charge in [0.1, 0.15) is 11.6 Å². The highest BCUT2D eigenvalue weighted by molar-refractivity contribution is 5.99. The summed E-state index contributed by atoms with van der Waals surface area (Å²) in [6.07, 6.45) is 3.52. The van der Waals surface area contributed by atoms with Gasteiger partial charge >= 0.3 is 6.03 Å². The van der Waals surface area contributed by atoms with Crippen LogP contribution < -0.4 is 16.0 Å². The van der Waals surface area contributed by atoms with Crippen molar-refractivity contribution in [2.24, 2.45) is 0 Å². The van der Waals surface area contributed by atoms with Crippen LogP contribution in [0.15, 0.2) is 36.4 Å². The number of aryl methyl sites for hydroxylation is 2. The quantitative estimate of drug-likeness (QED) is 0.447. The Morgan fingerprint density at radius 2 is 1.85 bits per heavy atom. The predicted molar refractivity (Wildman–Crippen MR) is 118 cm³/mol. The van der Waals surface area contributed by atoms with Crippen LogP contribution in [0.3, 0.4) is 0 Å². The van der Waals surface area contributed by atoms with Gasteiger partial charge in [0.15, 0.2) is 11.6 Å². The number of halogens is 3. The number of rotatable bonds is 6. The van der Waals surface area contributed by atoms with E-state index in [0.717, 1.165) is 29.8 Å². The summed E-state index contributed by atoms with van der Waals surface area (Å²) in [7, 11) is 0. The van der Waals surface area contributed by atoms with Gasteiger partial charge in [0.2, 0.25) is 5.91 Å². The first-order valence-electron chi connectivity index (χ1n) is 10.6. The van der Waals surface area contributed by atoms with E-state index in [1.54, 1.807) is 22.9 Å². The first-order chi connectivity index (χ1) is 15.8. The molecule has 0 saturated carbocycles. The number of nitrogens with one attached hydrogen (secondary N) is 3. The van der Waals surface area contributed by atoms with E-state index in [-0.39, 0.29) is 5.91 Å². The van der Waals surface area contributed by atoms with Gasteiger partial charge in [-0.1, -0.05) is 13.3 Å². The first kappa shape index (κ1) is 22.4. The molecule has 0 aliphatic carbocycles. The number of unbranched alkanes of at least 4 members (excludes halogenated alkanes) is 1. The summed E-state index contributed by atoms with van der Waals surface area (Å²) in [6.45, 7) is 2.05. The lowest BCUT2D eigenvalue weighted by Crippen LogP contribution is -2.22. The minimum Gasteiger partial charge on any atom is -0.326 e. The summed E-state index contributed by atoms with van der Waals surface area (Å²) in [5.74, 6) is -3.44. The zero-order chi connectivity index (χ0) is 23.5. The maximum absolute atomic E-state index is 13.9. The number of anilines is 3. The molecule has 172 valence electrons. The smallest absolute Gasteiger partial charge is 0.324 e. The molecule has 33 heavy (non-hydrogen) atoms. The number of hydrogen-bond acceptors (Lipinski definition) is 3. The first-order valence-corrected chi connectivity index (χ1v) is 10.6. The second kappa shape index (κ2) is 9.35. The minimum atomic E-state index is -1.35. The number of urea groups is 1. The Morgan fingerprint density at radius 1 is 1.06 bits per heavy atom. The SMILES string of the molecule is CCCCc1cc(NC(=O)Nc2cc(F)c(F)cc2F)n(-c2ccc3c(c2)CCC(=O)N3)n1. The molecule has 10 heteroatoms. The monoisotopic (exact) mass is 457 g/mol. The van der Waals surface area contributed by atoms with Crippen LogP contribution >= 0.6 is 0 Å². The minimum absolute atomic E-state index is 0.0420. The van der Waals surface area contributed by atoms with Crippen molar-refractivity contribution in [3.05, 3.63) is 65.1 Å². The highest BCUT2D eigenvalue weighted by Gasteiger charge is 2.19. The van der Waals surface area contributed by atoms with Crippen LogP contribution in [0.25, 0.3) is 5.69 Å². The van der Waals surface area contributed by atoms with Gasteiger partial charge < -0.3 is 10.6 Å². The van der Waals surface area contributed by atoms with E-state index in [0.29, 0.717) is 42.9 Å². The summed E-state index contributed by atoms with van der Waals surface area (Å²) < 4.78 is 42.1. The molecule has 1 aromatic heterocycles. The van der Waals surface area contributed by atoms with Crippen molar-refractivity contribution in [3.8, 4) is 5.69 Å². The lowest BCUT2D eigenvalue weighted by molar-refractivity contribution is -0.116. The zero-order valence-corrected chi connectivity index (χ0v) is 17.8. The lowest BCUT2D eigenvalue weighted by Gasteiger charge is -2.18. The van der Waals surface area contributed by atoms with Crippen LogP contribution in [0, 0.1) is 17.5 Å². The Kier molecular flexibility index (Phi) is 6.34. The molecular formula is C23H22F3N5O2. The summed E-state index contributed by atoms with van der Waals surface area (Å²) in [4.78, 5) is 24.1. The molecule has 3 N–H and O–H groups in total. The van der Waals surface area contributed by atoms with E-state index in [1.165, 1.54) is 0 Å². The van der Waals surface area contributed by atoms with Crippen molar-refractivity contribution in [1.82, 2.24) is 9.78 Å². The van der Waals surface area contributed by atoms with Crippen LogP contribution in [0.5, 0.6) is 0 Å². The van der Waals surface area contributed by atoms with Crippen LogP contribution in [0.4, 0.5) is 35.2 Å². The molecule has 0 unspecified atom stereocenters. The Bertz CT molecular complexity index is 1230. The largest absolute Gasteiger partial charge is 0.326 e. The Balaban J connectivity index is 1.61. The molecule has 3 aromatic rings. The fourth-order valence-electron chi connectivity index (χ4n) is 3.59. The van der Waals surface area contributed by atoms with Gasteiger partial charge in [-0.3, -0.25) is 10.1 Å². The third-order valence-corrected chi connectivity index (χ3v) is 5.28. The van der Waals surface area contributed by atoms with Crippen molar-refractivity contribution < 1.29 is 22.8 Å². The van der Waals surface area contributed by atoms with E-state index in [4.69, 9.17) is 0 Å². The predicted octanol–water partition coefficient (Wildman–Crippen LogP) is 5.16. The Labute approximate surface area is 188 Å². The molecule has 3 amide bonds. The van der Waals surface area contributed by atoms with E-state index in [2.05, 4.69) is 28.0 Å². The third kappa shape index (κ3) is 5.00. The van der Waals surface area contributed by atoms with Gasteiger partial charge in [0.05, 0.1) is 17.1 Å². The number of amides is 3. The molecule has 4 rings (SSSR count). The second-order valence-electron chi connectivity index (χ2n) is 7.75. The Hall–Kier alpha value is -3.82. The Morgan fingerprint density at radius 3 is 2.64 bits per heavy atom. The van der Waals surface area contributed by atoms with E-state index in [9.17, 15) is 22.8 Å². The highest BCUT2D eigenvalue weighted by Crippen LogP contribution is 2.27. The van der Waals surface area contributed by atoms with E-state index < -0.39 is 29.2 Å². The number of carbonyl (C=O) groups is 2. The second-order valence-corrected chi connectivity index (χ2v) is 7.75. The zero-order valence-electron chi connectivity index (χ0n) is 17.8. The summed E-state index contributed by atoms with van der Waals surface area (Å²) in [5, 5.41) is 12.2. The lowest BCUT2D eigenvalue weighted by atomic mass is 10.0. The highest BCUT2D eigenvalue weighted by atomic mass is 19.2. The van der Waals surface area contributed by atoms with Crippen molar-refractivity contribution in [3.63, 3.8) is 0 Å². The van der Waals surface area contributed by atoms with Gasteiger partial charge in [-0.15, -0.1) is 0 Å². The number of aromatic nitrogens is 2. The third-order valence-electron chi connectivity index (χ3n) is 5.28. The molecule has 0 atom stereocenters. The maximum Gasteiger partial charge on any atom is 0.324 e. The molecule has 0 bridgehead atoms. The maximum atomic E-state index is 13.9. The van der Waals surface area contributed by atoms with Gasteiger partial charge in [0.25, 0.3) is 0 Å². The fourth-order valence-corrected chi connectivity index (χ4v) is 3.59. The number of nitrogens with zero attached hydrogens (tertiary/aromatic N) is 2. The molecule has 0 fully saturated rings. The van der Waals surface area contributed by atoms with Gasteiger partial charge in [0, 0.05) is 30.3 Å². The van der Waals surface area contributed by atoms with Crippen LogP contribution in [0.1, 0.15) is 37.4 Å².